The minimum absolute atomic E-state index is 0.469. The average Bonchev–Trinajstić information content (AvgIpc) is 2.14. The Balaban J connectivity index is 2.97. The van der Waals surface area contributed by atoms with Gasteiger partial charge >= 0.3 is 6.09 Å². The Morgan fingerprint density at radius 2 is 1.88 bits per heavy atom. The molecule has 0 fully saturated rings. The van der Waals surface area contributed by atoms with E-state index >= 15 is 0 Å². The minimum Gasteiger partial charge on any atom is -0.465 e. The number of nitrogens with one attached hydrogen (secondary N) is 1. The van der Waals surface area contributed by atoms with Crippen molar-refractivity contribution in [3.05, 3.63) is 34.9 Å². The van der Waals surface area contributed by atoms with Gasteiger partial charge in [-0.15, -0.1) is 0 Å². The van der Waals surface area contributed by atoms with E-state index < -0.39 is 26.9 Å². The molecule has 8 heteroatoms. The van der Waals surface area contributed by atoms with E-state index in [1.54, 1.807) is 0 Å². The highest BCUT2D eigenvalue weighted by Crippen LogP contribution is 2.19. The zero-order valence-electron chi connectivity index (χ0n) is 8.43. The Morgan fingerprint density at radius 3 is 2.29 bits per heavy atom. The molecule has 0 aliphatic heterocycles. The van der Waals surface area contributed by atoms with Crippen LogP contribution in [0.3, 0.4) is 0 Å². The van der Waals surface area contributed by atoms with Gasteiger partial charge in [0.15, 0.2) is 0 Å². The summed E-state index contributed by atoms with van der Waals surface area (Å²) in [6.07, 6.45) is -1.33. The Kier molecular flexibility index (Phi) is 4.62. The first-order valence-corrected chi connectivity index (χ1v) is 7.31. The first-order valence-electron chi connectivity index (χ1n) is 4.45. The third-order valence-corrected chi connectivity index (χ3v) is 3.30. The molecule has 0 heterocycles. The van der Waals surface area contributed by atoms with Gasteiger partial charge in [0.05, 0.1) is 11.8 Å². The van der Waals surface area contributed by atoms with Crippen molar-refractivity contribution < 1.29 is 18.3 Å². The van der Waals surface area contributed by atoms with E-state index in [9.17, 15) is 13.2 Å². The van der Waals surface area contributed by atoms with E-state index in [2.05, 4.69) is 5.32 Å². The van der Waals surface area contributed by atoms with Crippen molar-refractivity contribution in [3.8, 4) is 0 Å². The number of rotatable bonds is 4. The van der Waals surface area contributed by atoms with Gasteiger partial charge < -0.3 is 10.4 Å². The molecule has 1 atom stereocenters. The van der Waals surface area contributed by atoms with Gasteiger partial charge in [-0.2, -0.15) is 0 Å². The summed E-state index contributed by atoms with van der Waals surface area (Å²) in [7, 11) is 1.29. The monoisotopic (exact) mass is 297 g/mol. The number of hydrogen-bond acceptors (Lipinski definition) is 3. The quantitative estimate of drug-likeness (QED) is 0.835. The fourth-order valence-corrected chi connectivity index (χ4v) is 2.44. The van der Waals surface area contributed by atoms with Gasteiger partial charge in [0.2, 0.25) is 9.05 Å². The van der Waals surface area contributed by atoms with Gasteiger partial charge in [-0.3, -0.25) is 0 Å². The summed E-state index contributed by atoms with van der Waals surface area (Å²) in [5, 5.41) is 11.2. The second kappa shape index (κ2) is 5.57. The van der Waals surface area contributed by atoms with E-state index in [4.69, 9.17) is 27.4 Å². The molecule has 1 aromatic rings. The van der Waals surface area contributed by atoms with E-state index in [-0.39, 0.29) is 0 Å². The lowest BCUT2D eigenvalue weighted by molar-refractivity contribution is 0.191. The first kappa shape index (κ1) is 14.1. The van der Waals surface area contributed by atoms with Crippen LogP contribution >= 0.6 is 22.3 Å². The maximum Gasteiger partial charge on any atom is 0.405 e. The van der Waals surface area contributed by atoms with Crippen LogP contribution in [0.2, 0.25) is 5.02 Å². The average molecular weight is 298 g/mol. The van der Waals surface area contributed by atoms with Crippen molar-refractivity contribution in [2.24, 2.45) is 0 Å². The van der Waals surface area contributed by atoms with Crippen molar-refractivity contribution in [2.75, 3.05) is 5.75 Å². The Labute approximate surface area is 108 Å². The summed E-state index contributed by atoms with van der Waals surface area (Å²) in [5.41, 5.74) is 0.473. The fraction of sp³-hybridized carbons (Fsp3) is 0.222. The van der Waals surface area contributed by atoms with E-state index in [1.807, 2.05) is 0 Å². The van der Waals surface area contributed by atoms with Crippen LogP contribution in [0.1, 0.15) is 11.6 Å². The summed E-state index contributed by atoms with van der Waals surface area (Å²) in [4.78, 5) is 10.6. The van der Waals surface area contributed by atoms with Crippen LogP contribution in [0, 0.1) is 0 Å². The zero-order chi connectivity index (χ0) is 13.1. The van der Waals surface area contributed by atoms with E-state index in [1.165, 1.54) is 24.3 Å². The highest BCUT2D eigenvalue weighted by molar-refractivity contribution is 8.13. The van der Waals surface area contributed by atoms with Crippen LogP contribution in [0.5, 0.6) is 0 Å². The van der Waals surface area contributed by atoms with Crippen molar-refractivity contribution >= 4 is 37.4 Å². The van der Waals surface area contributed by atoms with Gasteiger partial charge in [0, 0.05) is 15.7 Å². The molecular formula is C9H9Cl2NO4S. The van der Waals surface area contributed by atoms with Gasteiger partial charge in [0.1, 0.15) is 0 Å². The molecule has 0 aliphatic carbocycles. The lowest BCUT2D eigenvalue weighted by Crippen LogP contribution is -2.30. The van der Waals surface area contributed by atoms with Crippen molar-refractivity contribution in [1.82, 2.24) is 5.32 Å². The molecule has 0 bridgehead atoms. The van der Waals surface area contributed by atoms with Gasteiger partial charge in [-0.1, -0.05) is 23.7 Å². The SMILES string of the molecule is O=C(O)NC(CS(=O)(=O)Cl)c1ccc(Cl)cc1. The lowest BCUT2D eigenvalue weighted by atomic mass is 10.1. The Bertz CT molecular complexity index is 500. The fourth-order valence-electron chi connectivity index (χ4n) is 1.26. The van der Waals surface area contributed by atoms with Crippen molar-refractivity contribution in [3.63, 3.8) is 0 Å². The summed E-state index contributed by atoms with van der Waals surface area (Å²) in [6.45, 7) is 0. The molecule has 5 nitrogen and oxygen atoms in total. The van der Waals surface area contributed by atoms with E-state index in [0.29, 0.717) is 10.6 Å². The highest BCUT2D eigenvalue weighted by Gasteiger charge is 2.20. The molecule has 1 amide bonds. The minimum atomic E-state index is -3.81. The van der Waals surface area contributed by atoms with Crippen LogP contribution in [-0.4, -0.2) is 25.4 Å². The lowest BCUT2D eigenvalue weighted by Gasteiger charge is -2.15. The van der Waals surface area contributed by atoms with Crippen LogP contribution in [0.15, 0.2) is 24.3 Å². The standard InChI is InChI=1S/C9H9Cl2NO4S/c10-7-3-1-6(2-4-7)8(12-9(13)14)5-17(11,15)16/h1-4,8,12H,5H2,(H,13,14). The third-order valence-electron chi connectivity index (χ3n) is 1.94. The molecule has 0 radical (unpaired) electrons. The van der Waals surface area contributed by atoms with Crippen LogP contribution in [-0.2, 0) is 9.05 Å². The van der Waals surface area contributed by atoms with Gasteiger partial charge in [-0.05, 0) is 17.7 Å². The number of carbonyl (C=O) groups is 1. The van der Waals surface area contributed by atoms with Crippen LogP contribution in [0.4, 0.5) is 4.79 Å². The normalized spacial score (nSPS) is 13.1. The molecule has 0 aromatic heterocycles. The Hall–Kier alpha value is -0.980. The number of carboxylic acid groups (broad SMARTS) is 1. The smallest absolute Gasteiger partial charge is 0.405 e. The summed E-state index contributed by atoms with van der Waals surface area (Å²) in [5.74, 6) is -0.525. The van der Waals surface area contributed by atoms with Crippen molar-refractivity contribution in [1.29, 1.82) is 0 Å². The number of benzene rings is 1. The predicted octanol–water partition coefficient (Wildman–Crippen LogP) is 2.22. The molecule has 0 saturated heterocycles. The summed E-state index contributed by atoms with van der Waals surface area (Å²) >= 11 is 5.67. The van der Waals surface area contributed by atoms with Gasteiger partial charge in [0.25, 0.3) is 0 Å². The topological polar surface area (TPSA) is 83.5 Å². The van der Waals surface area contributed by atoms with E-state index in [0.717, 1.165) is 0 Å². The number of amides is 1. The summed E-state index contributed by atoms with van der Waals surface area (Å²) in [6, 6.07) is 5.21. The third kappa shape index (κ3) is 5.25. The molecule has 17 heavy (non-hydrogen) atoms. The van der Waals surface area contributed by atoms with Crippen molar-refractivity contribution in [2.45, 2.75) is 6.04 Å². The maximum absolute atomic E-state index is 11.0. The molecule has 0 spiro atoms. The molecule has 0 aliphatic rings. The molecule has 0 saturated carbocycles. The molecular weight excluding hydrogens is 289 g/mol. The molecule has 1 aromatic carbocycles. The van der Waals surface area contributed by atoms with Gasteiger partial charge in [-0.25, -0.2) is 13.2 Å². The number of hydrogen-bond donors (Lipinski definition) is 2. The molecule has 94 valence electrons. The molecule has 2 N–H and O–H groups in total. The zero-order valence-corrected chi connectivity index (χ0v) is 10.8. The molecule has 1 rings (SSSR count). The maximum atomic E-state index is 11.0. The predicted molar refractivity (Wildman–Crippen MR) is 65.0 cm³/mol. The second-order valence-corrected chi connectivity index (χ2v) is 6.52. The summed E-state index contributed by atoms with van der Waals surface area (Å²) < 4.78 is 21.9. The largest absolute Gasteiger partial charge is 0.465 e. The second-order valence-electron chi connectivity index (χ2n) is 3.26. The molecule has 1 unspecified atom stereocenters. The first-order chi connectivity index (χ1) is 7.78. The Morgan fingerprint density at radius 1 is 1.35 bits per heavy atom. The number of halogens is 2. The van der Waals surface area contributed by atoms with Crippen LogP contribution in [0.25, 0.3) is 0 Å². The van der Waals surface area contributed by atoms with Crippen LogP contribution < -0.4 is 5.32 Å². The highest BCUT2D eigenvalue weighted by atomic mass is 35.7.